The second-order valence-corrected chi connectivity index (χ2v) is 7.34. The molecule has 156 valence electrons. The van der Waals surface area contributed by atoms with E-state index >= 15 is 0 Å². The lowest BCUT2D eigenvalue weighted by Gasteiger charge is -2.36. The summed E-state index contributed by atoms with van der Waals surface area (Å²) < 4.78 is 14.0. The molecule has 0 saturated carbocycles. The first-order chi connectivity index (χ1) is 14.0. The van der Waals surface area contributed by atoms with Crippen LogP contribution in [0.1, 0.15) is 19.4 Å². The Morgan fingerprint density at radius 2 is 1.76 bits per heavy atom. The molecular formula is C23H31FN4O. The molecule has 29 heavy (non-hydrogen) atoms. The van der Waals surface area contributed by atoms with Crippen molar-refractivity contribution in [3.05, 3.63) is 53.8 Å². The van der Waals surface area contributed by atoms with E-state index < -0.39 is 0 Å². The van der Waals surface area contributed by atoms with E-state index in [1.807, 2.05) is 21.9 Å². The summed E-state index contributed by atoms with van der Waals surface area (Å²) in [5.74, 6) is -0.136. The summed E-state index contributed by atoms with van der Waals surface area (Å²) in [6, 6.07) is 13.1. The van der Waals surface area contributed by atoms with E-state index in [-0.39, 0.29) is 18.3 Å². The Hall–Kier alpha value is -2.76. The van der Waals surface area contributed by atoms with Crippen molar-refractivity contribution in [2.45, 2.75) is 20.8 Å². The number of anilines is 3. The molecule has 1 heterocycles. The van der Waals surface area contributed by atoms with Crippen LogP contribution in [0.5, 0.6) is 0 Å². The molecule has 0 spiro atoms. The highest BCUT2D eigenvalue weighted by atomic mass is 19.1. The number of benzene rings is 2. The molecule has 1 saturated heterocycles. The number of hydrogen-bond donors (Lipinski definition) is 1. The van der Waals surface area contributed by atoms with Crippen LogP contribution in [0.4, 0.5) is 21.5 Å². The van der Waals surface area contributed by atoms with Gasteiger partial charge in [-0.3, -0.25) is 4.79 Å². The molecule has 0 radical (unpaired) electrons. The van der Waals surface area contributed by atoms with Gasteiger partial charge in [0, 0.05) is 50.6 Å². The van der Waals surface area contributed by atoms with Crippen LogP contribution in [-0.2, 0) is 4.79 Å². The fourth-order valence-corrected chi connectivity index (χ4v) is 3.82. The van der Waals surface area contributed by atoms with E-state index in [4.69, 9.17) is 0 Å². The van der Waals surface area contributed by atoms with Crippen molar-refractivity contribution in [1.29, 1.82) is 0 Å². The molecule has 0 aromatic heterocycles. The van der Waals surface area contributed by atoms with Crippen LogP contribution in [0.3, 0.4) is 0 Å². The van der Waals surface area contributed by atoms with Crippen molar-refractivity contribution >= 4 is 23.0 Å². The van der Waals surface area contributed by atoms with Crippen LogP contribution in [0.15, 0.2) is 42.5 Å². The minimum absolute atomic E-state index is 0.0744. The maximum atomic E-state index is 14.0. The third-order valence-electron chi connectivity index (χ3n) is 5.59. The summed E-state index contributed by atoms with van der Waals surface area (Å²) in [5, 5.41) is 3.28. The van der Waals surface area contributed by atoms with Crippen molar-refractivity contribution in [2.75, 3.05) is 60.9 Å². The largest absolute Gasteiger partial charge is 0.376 e. The highest BCUT2D eigenvalue weighted by Gasteiger charge is 2.22. The van der Waals surface area contributed by atoms with Gasteiger partial charge in [-0.25, -0.2) is 4.39 Å². The zero-order chi connectivity index (χ0) is 20.8. The SMILES string of the molecule is CCN(CC)c1ccc(NCC(=O)N2CCN(c3ccccc3F)CC2)c(C)c1. The molecule has 1 N–H and O–H groups in total. The Balaban J connectivity index is 1.52. The Labute approximate surface area is 173 Å². The van der Waals surface area contributed by atoms with E-state index in [2.05, 4.69) is 43.1 Å². The fourth-order valence-electron chi connectivity index (χ4n) is 3.82. The topological polar surface area (TPSA) is 38.8 Å². The number of piperazine rings is 1. The van der Waals surface area contributed by atoms with Crippen LogP contribution in [-0.4, -0.2) is 56.6 Å². The first-order valence-corrected chi connectivity index (χ1v) is 10.4. The summed E-state index contributed by atoms with van der Waals surface area (Å²) in [5.41, 5.74) is 3.93. The minimum atomic E-state index is -0.211. The van der Waals surface area contributed by atoms with Gasteiger partial charge in [-0.1, -0.05) is 12.1 Å². The first-order valence-electron chi connectivity index (χ1n) is 10.4. The van der Waals surface area contributed by atoms with Gasteiger partial charge >= 0.3 is 0 Å². The standard InChI is InChI=1S/C23H31FN4O/c1-4-26(5-2)19-10-11-21(18(3)16-19)25-17-23(29)28-14-12-27(13-15-28)22-9-7-6-8-20(22)24/h6-11,16,25H,4-5,12-15,17H2,1-3H3. The first kappa shape index (κ1) is 21.0. The van der Waals surface area contributed by atoms with Gasteiger partial charge in [0.05, 0.1) is 12.2 Å². The average Bonchev–Trinajstić information content (AvgIpc) is 2.74. The van der Waals surface area contributed by atoms with Gasteiger partial charge in [0.2, 0.25) is 5.91 Å². The van der Waals surface area contributed by atoms with Crippen molar-refractivity contribution in [2.24, 2.45) is 0 Å². The number of amides is 1. The lowest BCUT2D eigenvalue weighted by molar-refractivity contribution is -0.129. The van der Waals surface area contributed by atoms with Gasteiger partial charge in [-0.05, 0) is 56.7 Å². The molecule has 1 aliphatic rings. The third-order valence-corrected chi connectivity index (χ3v) is 5.59. The summed E-state index contributed by atoms with van der Waals surface area (Å²) in [4.78, 5) is 18.8. The zero-order valence-electron chi connectivity index (χ0n) is 17.6. The number of nitrogens with zero attached hydrogens (tertiary/aromatic N) is 3. The average molecular weight is 399 g/mol. The summed E-state index contributed by atoms with van der Waals surface area (Å²) in [7, 11) is 0. The number of para-hydroxylation sites is 1. The monoisotopic (exact) mass is 398 g/mol. The van der Waals surface area contributed by atoms with E-state index in [0.29, 0.717) is 31.9 Å². The quantitative estimate of drug-likeness (QED) is 0.771. The number of aryl methyl sites for hydroxylation is 1. The molecule has 1 amide bonds. The molecule has 0 bridgehead atoms. The van der Waals surface area contributed by atoms with E-state index in [9.17, 15) is 9.18 Å². The minimum Gasteiger partial charge on any atom is -0.376 e. The van der Waals surface area contributed by atoms with Gasteiger partial charge in [0.25, 0.3) is 0 Å². The lowest BCUT2D eigenvalue weighted by Crippen LogP contribution is -2.50. The molecule has 2 aromatic carbocycles. The molecule has 5 nitrogen and oxygen atoms in total. The lowest BCUT2D eigenvalue weighted by atomic mass is 10.1. The summed E-state index contributed by atoms with van der Waals surface area (Å²) >= 11 is 0. The van der Waals surface area contributed by atoms with Crippen LogP contribution >= 0.6 is 0 Å². The number of carbonyl (C=O) groups excluding carboxylic acids is 1. The van der Waals surface area contributed by atoms with Crippen LogP contribution in [0, 0.1) is 12.7 Å². The Morgan fingerprint density at radius 3 is 2.38 bits per heavy atom. The van der Waals surface area contributed by atoms with Crippen LogP contribution in [0.2, 0.25) is 0 Å². The normalized spacial score (nSPS) is 14.1. The van der Waals surface area contributed by atoms with Gasteiger partial charge < -0.3 is 20.0 Å². The zero-order valence-corrected chi connectivity index (χ0v) is 17.6. The number of nitrogens with one attached hydrogen (secondary N) is 1. The fraction of sp³-hybridized carbons (Fsp3) is 0.435. The Kier molecular flexibility index (Phi) is 6.96. The van der Waals surface area contributed by atoms with Crippen molar-refractivity contribution < 1.29 is 9.18 Å². The smallest absolute Gasteiger partial charge is 0.241 e. The van der Waals surface area contributed by atoms with Gasteiger partial charge in [0.15, 0.2) is 0 Å². The molecule has 2 aromatic rings. The molecule has 1 fully saturated rings. The van der Waals surface area contributed by atoms with E-state index in [1.165, 1.54) is 11.8 Å². The van der Waals surface area contributed by atoms with Crippen molar-refractivity contribution in [3.8, 4) is 0 Å². The molecule has 6 heteroatoms. The molecule has 0 atom stereocenters. The second-order valence-electron chi connectivity index (χ2n) is 7.34. The summed E-state index contributed by atoms with van der Waals surface area (Å²) in [6.07, 6.45) is 0. The van der Waals surface area contributed by atoms with Gasteiger partial charge in [-0.2, -0.15) is 0 Å². The molecule has 0 unspecified atom stereocenters. The number of halogens is 1. The molecular weight excluding hydrogens is 367 g/mol. The van der Waals surface area contributed by atoms with Crippen LogP contribution < -0.4 is 15.1 Å². The van der Waals surface area contributed by atoms with Crippen molar-refractivity contribution in [3.63, 3.8) is 0 Å². The maximum Gasteiger partial charge on any atom is 0.241 e. The highest BCUT2D eigenvalue weighted by Crippen LogP contribution is 2.23. The Bertz CT molecular complexity index is 829. The predicted octanol–water partition coefficient (Wildman–Crippen LogP) is 3.74. The number of rotatable bonds is 7. The molecule has 1 aliphatic heterocycles. The highest BCUT2D eigenvalue weighted by molar-refractivity contribution is 5.81. The Morgan fingerprint density at radius 1 is 1.07 bits per heavy atom. The number of hydrogen-bond acceptors (Lipinski definition) is 4. The maximum absolute atomic E-state index is 14.0. The number of carbonyl (C=O) groups is 1. The second kappa shape index (κ2) is 9.63. The molecule has 0 aliphatic carbocycles. The third kappa shape index (κ3) is 5.00. The van der Waals surface area contributed by atoms with Gasteiger partial charge in [0.1, 0.15) is 5.82 Å². The molecule has 3 rings (SSSR count). The van der Waals surface area contributed by atoms with Crippen LogP contribution in [0.25, 0.3) is 0 Å². The van der Waals surface area contributed by atoms with Gasteiger partial charge in [-0.15, -0.1) is 0 Å². The predicted molar refractivity (Wildman–Crippen MR) is 118 cm³/mol. The van der Waals surface area contributed by atoms with E-state index in [1.54, 1.807) is 12.1 Å². The summed E-state index contributed by atoms with van der Waals surface area (Å²) in [6.45, 7) is 11.1. The van der Waals surface area contributed by atoms with E-state index in [0.717, 1.165) is 24.3 Å². The van der Waals surface area contributed by atoms with Crippen molar-refractivity contribution in [1.82, 2.24) is 4.90 Å².